The fraction of sp³-hybridized carbons (Fsp3) is 0.391. The maximum absolute atomic E-state index is 12.8. The molecule has 2 fully saturated rings. The summed E-state index contributed by atoms with van der Waals surface area (Å²) < 4.78 is 11.2. The van der Waals surface area contributed by atoms with Gasteiger partial charge in [-0.15, -0.1) is 6.58 Å². The second-order valence-corrected chi connectivity index (χ2v) is 7.92. The molecule has 1 saturated carbocycles. The summed E-state index contributed by atoms with van der Waals surface area (Å²) in [5.41, 5.74) is 6.56. The molecule has 0 aromatic heterocycles. The maximum Gasteiger partial charge on any atom is 0.255 e. The number of carbonyl (C=O) groups is 3. The van der Waals surface area contributed by atoms with Crippen molar-refractivity contribution in [3.05, 3.63) is 48.1 Å². The third-order valence-corrected chi connectivity index (χ3v) is 5.95. The molecule has 4 atom stereocenters. The Labute approximate surface area is 180 Å². The molecule has 1 aromatic carbocycles. The molecular formula is C23H25N3O5. The van der Waals surface area contributed by atoms with Gasteiger partial charge >= 0.3 is 0 Å². The Balaban J connectivity index is 1.61. The molecule has 3 amide bonds. The number of fused-ring (bicyclic) bond motifs is 5. The number of nitrogens with zero attached hydrogens (tertiary/aromatic N) is 2. The minimum atomic E-state index is -0.599. The number of amides is 3. The highest BCUT2D eigenvalue weighted by atomic mass is 16.5. The predicted molar refractivity (Wildman–Crippen MR) is 113 cm³/mol. The van der Waals surface area contributed by atoms with Crippen molar-refractivity contribution in [3.8, 4) is 11.5 Å². The molecule has 1 aromatic rings. The minimum Gasteiger partial charge on any atom is -0.490 e. The van der Waals surface area contributed by atoms with Gasteiger partial charge in [0.2, 0.25) is 0 Å². The van der Waals surface area contributed by atoms with Gasteiger partial charge in [0.15, 0.2) is 18.1 Å². The first-order valence-corrected chi connectivity index (χ1v) is 10.4. The number of hydrazone groups is 1. The summed E-state index contributed by atoms with van der Waals surface area (Å²) in [6, 6.07) is 3.48. The number of allylic oxidation sites excluding steroid dienone is 3. The van der Waals surface area contributed by atoms with E-state index in [-0.39, 0.29) is 42.1 Å². The molecule has 8 nitrogen and oxygen atoms in total. The molecule has 0 radical (unpaired) electrons. The lowest BCUT2D eigenvalue weighted by Crippen LogP contribution is -2.28. The molecule has 2 aliphatic carbocycles. The van der Waals surface area contributed by atoms with Gasteiger partial charge in [0, 0.05) is 5.56 Å². The lowest BCUT2D eigenvalue weighted by Gasteiger charge is -2.16. The van der Waals surface area contributed by atoms with E-state index in [1.54, 1.807) is 18.2 Å². The van der Waals surface area contributed by atoms with Crippen LogP contribution < -0.4 is 15.2 Å². The minimum absolute atomic E-state index is 0.136. The largest absolute Gasteiger partial charge is 0.490 e. The van der Waals surface area contributed by atoms with E-state index < -0.39 is 5.91 Å². The molecule has 2 bridgehead atoms. The molecule has 1 heterocycles. The Hall–Kier alpha value is -3.42. The van der Waals surface area contributed by atoms with Gasteiger partial charge in [-0.1, -0.05) is 18.2 Å². The molecule has 0 unspecified atom stereocenters. The zero-order chi connectivity index (χ0) is 22.1. The maximum atomic E-state index is 12.8. The summed E-state index contributed by atoms with van der Waals surface area (Å²) in [5.74, 6) is -0.557. The third kappa shape index (κ3) is 3.73. The van der Waals surface area contributed by atoms with Crippen LogP contribution in [0.5, 0.6) is 11.5 Å². The van der Waals surface area contributed by atoms with Gasteiger partial charge in [0.1, 0.15) is 0 Å². The number of nitrogens with two attached hydrogens (primary N) is 1. The van der Waals surface area contributed by atoms with E-state index in [9.17, 15) is 14.4 Å². The van der Waals surface area contributed by atoms with Gasteiger partial charge in [-0.25, -0.2) is 0 Å². The van der Waals surface area contributed by atoms with Crippen LogP contribution in [0.2, 0.25) is 0 Å². The third-order valence-electron chi connectivity index (χ3n) is 5.95. The molecule has 1 aliphatic heterocycles. The first-order chi connectivity index (χ1) is 14.9. The fourth-order valence-corrected chi connectivity index (χ4v) is 4.76. The van der Waals surface area contributed by atoms with E-state index in [0.717, 1.165) is 17.0 Å². The van der Waals surface area contributed by atoms with Gasteiger partial charge < -0.3 is 15.2 Å². The number of rotatable bonds is 9. The molecule has 3 aliphatic rings. The molecule has 31 heavy (non-hydrogen) atoms. The van der Waals surface area contributed by atoms with Crippen LogP contribution in [0, 0.1) is 23.7 Å². The highest BCUT2D eigenvalue weighted by Gasteiger charge is 2.59. The highest BCUT2D eigenvalue weighted by molar-refractivity contribution is 6.06. The molecule has 4 rings (SSSR count). The standard InChI is InChI=1S/C23H25N3O5/c1-3-5-16-8-13(9-17(30-4-2)21(16)31-12-18(24)27)11-25-26-22(28)19-14-6-7-15(10-14)20(19)23(26)29/h3,6-9,11,14-15,19-20H,1,4-5,10,12H2,2H3,(H2,24,27)/t14-,15-,19-,20+/m0/s1. The number of hydrogen-bond donors (Lipinski definition) is 1. The van der Waals surface area contributed by atoms with E-state index in [0.29, 0.717) is 30.1 Å². The smallest absolute Gasteiger partial charge is 0.255 e. The van der Waals surface area contributed by atoms with Gasteiger partial charge in [-0.05, 0) is 49.3 Å². The number of primary amides is 1. The quantitative estimate of drug-likeness (QED) is 0.370. The molecule has 8 heteroatoms. The monoisotopic (exact) mass is 423 g/mol. The van der Waals surface area contributed by atoms with Gasteiger partial charge in [0.05, 0.1) is 24.7 Å². The van der Waals surface area contributed by atoms with E-state index >= 15 is 0 Å². The van der Waals surface area contributed by atoms with Crippen LogP contribution in [0.15, 0.2) is 42.0 Å². The molecule has 2 N–H and O–H groups in total. The van der Waals surface area contributed by atoms with Gasteiger partial charge in [-0.3, -0.25) is 14.4 Å². The van der Waals surface area contributed by atoms with E-state index in [4.69, 9.17) is 15.2 Å². The summed E-state index contributed by atoms with van der Waals surface area (Å²) in [6.45, 7) is 5.68. The number of imide groups is 1. The average Bonchev–Trinajstić information content (AvgIpc) is 3.40. The van der Waals surface area contributed by atoms with Crippen LogP contribution in [-0.4, -0.2) is 42.2 Å². The van der Waals surface area contributed by atoms with Crippen LogP contribution in [0.3, 0.4) is 0 Å². The molecule has 0 spiro atoms. The molecule has 1 saturated heterocycles. The highest BCUT2D eigenvalue weighted by Crippen LogP contribution is 2.52. The topological polar surface area (TPSA) is 111 Å². The number of hydrogen-bond acceptors (Lipinski definition) is 6. The normalized spacial score (nSPS) is 26.0. The Morgan fingerprint density at radius 2 is 1.90 bits per heavy atom. The lowest BCUT2D eigenvalue weighted by atomic mass is 9.85. The second kappa shape index (κ2) is 8.37. The van der Waals surface area contributed by atoms with Crippen molar-refractivity contribution in [1.29, 1.82) is 0 Å². The Bertz CT molecular complexity index is 969. The summed E-state index contributed by atoms with van der Waals surface area (Å²) in [5, 5.41) is 5.23. The number of benzene rings is 1. The van der Waals surface area contributed by atoms with E-state index in [1.807, 2.05) is 19.1 Å². The van der Waals surface area contributed by atoms with Crippen molar-refractivity contribution in [2.75, 3.05) is 13.2 Å². The first-order valence-electron chi connectivity index (χ1n) is 10.4. The van der Waals surface area contributed by atoms with E-state index in [2.05, 4.69) is 11.7 Å². The summed E-state index contributed by atoms with van der Waals surface area (Å²) in [6.07, 6.45) is 8.59. The van der Waals surface area contributed by atoms with Crippen molar-refractivity contribution in [2.45, 2.75) is 19.8 Å². The Morgan fingerprint density at radius 1 is 1.23 bits per heavy atom. The second-order valence-electron chi connectivity index (χ2n) is 7.92. The van der Waals surface area contributed by atoms with Gasteiger partial charge in [0.25, 0.3) is 17.7 Å². The molecular weight excluding hydrogens is 398 g/mol. The van der Waals surface area contributed by atoms with E-state index in [1.165, 1.54) is 6.21 Å². The summed E-state index contributed by atoms with van der Waals surface area (Å²) >= 11 is 0. The predicted octanol–water partition coefficient (Wildman–Crippen LogP) is 1.82. The first kappa shape index (κ1) is 20.8. The summed E-state index contributed by atoms with van der Waals surface area (Å²) in [7, 11) is 0. The van der Waals surface area contributed by atoms with Crippen LogP contribution >= 0.6 is 0 Å². The molecule has 162 valence electrons. The zero-order valence-electron chi connectivity index (χ0n) is 17.3. The fourth-order valence-electron chi connectivity index (χ4n) is 4.76. The van der Waals surface area contributed by atoms with Crippen LogP contribution in [0.25, 0.3) is 0 Å². The SMILES string of the molecule is C=CCc1cc(C=NN2C(=O)[C@@H]3[C@H](C2=O)[C@H]2C=C[C@H]3C2)cc(OCC)c1OCC(N)=O. The Morgan fingerprint density at radius 3 is 2.48 bits per heavy atom. The van der Waals surface area contributed by atoms with Crippen molar-refractivity contribution in [2.24, 2.45) is 34.5 Å². The van der Waals surface area contributed by atoms with Crippen LogP contribution in [-0.2, 0) is 20.8 Å². The zero-order valence-corrected chi connectivity index (χ0v) is 17.3. The van der Waals surface area contributed by atoms with Gasteiger partial charge in [-0.2, -0.15) is 10.1 Å². The van der Waals surface area contributed by atoms with Crippen LogP contribution in [0.4, 0.5) is 0 Å². The van der Waals surface area contributed by atoms with Crippen molar-refractivity contribution < 1.29 is 23.9 Å². The van der Waals surface area contributed by atoms with Crippen molar-refractivity contribution in [3.63, 3.8) is 0 Å². The Kier molecular flexibility index (Phi) is 5.63. The van der Waals surface area contributed by atoms with Crippen LogP contribution in [0.1, 0.15) is 24.5 Å². The van der Waals surface area contributed by atoms with Crippen molar-refractivity contribution >= 4 is 23.9 Å². The number of ether oxygens (including phenoxy) is 2. The summed E-state index contributed by atoms with van der Waals surface area (Å²) in [4.78, 5) is 36.8. The van der Waals surface area contributed by atoms with Crippen molar-refractivity contribution in [1.82, 2.24) is 5.01 Å². The average molecular weight is 423 g/mol. The lowest BCUT2D eigenvalue weighted by molar-refractivity contribution is -0.140. The number of carbonyl (C=O) groups excluding carboxylic acids is 3.